The van der Waals surface area contributed by atoms with Crippen molar-refractivity contribution in [2.24, 2.45) is 17.8 Å². The number of aliphatic carboxylic acids is 1. The van der Waals surface area contributed by atoms with Crippen molar-refractivity contribution < 1.29 is 14.3 Å². The summed E-state index contributed by atoms with van der Waals surface area (Å²) in [5.41, 5.74) is -0.130. The third-order valence-corrected chi connectivity index (χ3v) is 8.05. The lowest BCUT2D eigenvalue weighted by Crippen LogP contribution is -2.61. The fourth-order valence-electron chi connectivity index (χ4n) is 6.66. The van der Waals surface area contributed by atoms with Gasteiger partial charge in [-0.25, -0.2) is 4.98 Å². The Labute approximate surface area is 180 Å². The molecule has 0 radical (unpaired) electrons. The number of nitrogens with one attached hydrogen (secondary N) is 1. The van der Waals surface area contributed by atoms with Crippen LogP contribution in [0.25, 0.3) is 0 Å². The predicted octanol–water partition coefficient (Wildman–Crippen LogP) is 4.80. The number of carboxylic acids is 1. The Balaban J connectivity index is 1.74. The number of hydrogen-bond donors (Lipinski definition) is 2. The van der Waals surface area contributed by atoms with Gasteiger partial charge in [0.25, 0.3) is 0 Å². The van der Waals surface area contributed by atoms with Crippen LogP contribution >= 0.6 is 0 Å². The molecule has 30 heavy (non-hydrogen) atoms. The zero-order valence-corrected chi connectivity index (χ0v) is 18.7. The highest BCUT2D eigenvalue weighted by Gasteiger charge is 2.60. The van der Waals surface area contributed by atoms with Crippen LogP contribution in [0.2, 0.25) is 0 Å². The maximum absolute atomic E-state index is 12.1. The van der Waals surface area contributed by atoms with E-state index in [2.05, 4.69) is 29.0 Å². The second-order valence-corrected chi connectivity index (χ2v) is 10.2. The number of oxazole rings is 1. The molecule has 2 saturated carbocycles. The molecule has 6 nitrogen and oxygen atoms in total. The van der Waals surface area contributed by atoms with Crippen molar-refractivity contribution >= 4 is 5.97 Å². The summed E-state index contributed by atoms with van der Waals surface area (Å²) in [5, 5.41) is 13.9. The summed E-state index contributed by atoms with van der Waals surface area (Å²) in [7, 11) is 0. The van der Waals surface area contributed by atoms with Crippen LogP contribution in [0.15, 0.2) is 16.9 Å². The third-order valence-electron chi connectivity index (χ3n) is 8.05. The minimum atomic E-state index is -0.625. The van der Waals surface area contributed by atoms with Gasteiger partial charge in [-0.3, -0.25) is 15.0 Å². The second kappa shape index (κ2) is 9.39. The molecule has 0 aromatic carbocycles. The maximum Gasteiger partial charge on any atom is 0.306 e. The van der Waals surface area contributed by atoms with E-state index in [1.807, 2.05) is 0 Å². The van der Waals surface area contributed by atoms with Gasteiger partial charge in [-0.05, 0) is 43.9 Å². The highest BCUT2D eigenvalue weighted by molar-refractivity contribution is 5.70. The Morgan fingerprint density at radius 3 is 2.50 bits per heavy atom. The van der Waals surface area contributed by atoms with Gasteiger partial charge in [0.05, 0.1) is 24.8 Å². The lowest BCUT2D eigenvalue weighted by molar-refractivity contribution is -0.146. The van der Waals surface area contributed by atoms with Gasteiger partial charge in [-0.2, -0.15) is 0 Å². The van der Waals surface area contributed by atoms with Crippen molar-refractivity contribution in [3.8, 4) is 0 Å². The van der Waals surface area contributed by atoms with E-state index in [0.29, 0.717) is 24.4 Å². The van der Waals surface area contributed by atoms with Crippen LogP contribution < -0.4 is 5.32 Å². The van der Waals surface area contributed by atoms with Gasteiger partial charge < -0.3 is 9.52 Å². The first-order chi connectivity index (χ1) is 14.5. The van der Waals surface area contributed by atoms with Crippen molar-refractivity contribution in [3.05, 3.63) is 18.4 Å². The SMILES string of the molecule is CC(C)C1NC2CCC(C(=O)O)CC2(C2CCCCCCCC2)N1Cc1ncco1. The van der Waals surface area contributed by atoms with Crippen LogP contribution in [0, 0.1) is 17.8 Å². The minimum Gasteiger partial charge on any atom is -0.481 e. The normalized spacial score (nSPS) is 34.3. The number of aromatic nitrogens is 1. The molecule has 4 rings (SSSR count). The summed E-state index contributed by atoms with van der Waals surface area (Å²) < 4.78 is 5.68. The van der Waals surface area contributed by atoms with E-state index in [1.165, 1.54) is 51.4 Å². The van der Waals surface area contributed by atoms with Gasteiger partial charge in [0.15, 0.2) is 0 Å². The highest BCUT2D eigenvalue weighted by Crippen LogP contribution is 2.51. The van der Waals surface area contributed by atoms with Crippen molar-refractivity contribution in [1.29, 1.82) is 0 Å². The summed E-state index contributed by atoms with van der Waals surface area (Å²) >= 11 is 0. The van der Waals surface area contributed by atoms with Crippen molar-refractivity contribution in [1.82, 2.24) is 15.2 Å². The number of nitrogens with zero attached hydrogens (tertiary/aromatic N) is 2. The van der Waals surface area contributed by atoms with Gasteiger partial charge in [0, 0.05) is 11.6 Å². The first kappa shape index (κ1) is 21.8. The number of rotatable bonds is 5. The summed E-state index contributed by atoms with van der Waals surface area (Å²) in [6.45, 7) is 5.19. The number of hydrogen-bond acceptors (Lipinski definition) is 5. The lowest BCUT2D eigenvalue weighted by Gasteiger charge is -2.52. The molecule has 6 heteroatoms. The molecule has 1 aromatic heterocycles. The topological polar surface area (TPSA) is 78.6 Å². The van der Waals surface area contributed by atoms with E-state index < -0.39 is 5.97 Å². The van der Waals surface area contributed by atoms with Gasteiger partial charge in [-0.15, -0.1) is 0 Å². The van der Waals surface area contributed by atoms with E-state index >= 15 is 0 Å². The predicted molar refractivity (Wildman–Crippen MR) is 116 cm³/mol. The van der Waals surface area contributed by atoms with Gasteiger partial charge in [0.2, 0.25) is 5.89 Å². The standard InChI is InChI=1S/C24H39N3O3/c1-17(2)22-26-20-12-11-18(23(28)29)15-24(20,27(22)16-21-25-13-14-30-21)19-9-7-5-3-4-6-8-10-19/h13-14,17-20,22,26H,3-12,15-16H2,1-2H3,(H,28,29). The molecule has 2 heterocycles. The smallest absolute Gasteiger partial charge is 0.306 e. The first-order valence-corrected chi connectivity index (χ1v) is 12.2. The molecular formula is C24H39N3O3. The fourth-order valence-corrected chi connectivity index (χ4v) is 6.66. The molecule has 2 aliphatic carbocycles. The van der Waals surface area contributed by atoms with E-state index in [4.69, 9.17) is 4.42 Å². The van der Waals surface area contributed by atoms with Gasteiger partial charge >= 0.3 is 5.97 Å². The zero-order valence-electron chi connectivity index (χ0n) is 18.7. The molecule has 4 atom stereocenters. The molecule has 0 spiro atoms. The Kier molecular flexibility index (Phi) is 6.83. The van der Waals surface area contributed by atoms with Crippen LogP contribution in [0.4, 0.5) is 0 Å². The molecule has 0 bridgehead atoms. The minimum absolute atomic E-state index is 0.130. The van der Waals surface area contributed by atoms with E-state index in [0.717, 1.165) is 25.2 Å². The summed E-state index contributed by atoms with van der Waals surface area (Å²) in [6.07, 6.45) is 16.3. The first-order valence-electron chi connectivity index (χ1n) is 12.2. The van der Waals surface area contributed by atoms with E-state index in [1.54, 1.807) is 12.5 Å². The Bertz CT molecular complexity index is 682. The Morgan fingerprint density at radius 2 is 1.90 bits per heavy atom. The quantitative estimate of drug-likeness (QED) is 0.716. The van der Waals surface area contributed by atoms with Crippen LogP contribution in [0.1, 0.15) is 90.4 Å². The summed E-state index contributed by atoms with van der Waals surface area (Å²) in [5.74, 6) is 0.813. The molecule has 168 valence electrons. The van der Waals surface area contributed by atoms with Crippen molar-refractivity contribution in [3.63, 3.8) is 0 Å². The fraction of sp³-hybridized carbons (Fsp3) is 0.833. The second-order valence-electron chi connectivity index (χ2n) is 10.2. The Morgan fingerprint density at radius 1 is 1.20 bits per heavy atom. The molecule has 1 saturated heterocycles. The van der Waals surface area contributed by atoms with Crippen molar-refractivity contribution in [2.45, 2.75) is 109 Å². The molecule has 2 N–H and O–H groups in total. The van der Waals surface area contributed by atoms with Crippen molar-refractivity contribution in [2.75, 3.05) is 0 Å². The zero-order chi connectivity index (χ0) is 21.1. The largest absolute Gasteiger partial charge is 0.481 e. The van der Waals surface area contributed by atoms with Gasteiger partial charge in [-0.1, -0.05) is 52.4 Å². The monoisotopic (exact) mass is 417 g/mol. The van der Waals surface area contributed by atoms with E-state index in [9.17, 15) is 9.90 Å². The maximum atomic E-state index is 12.1. The number of fused-ring (bicyclic) bond motifs is 1. The number of carboxylic acid groups (broad SMARTS) is 1. The van der Waals surface area contributed by atoms with Crippen LogP contribution in [0.3, 0.4) is 0 Å². The molecule has 3 aliphatic rings. The average molecular weight is 418 g/mol. The molecule has 3 fully saturated rings. The molecule has 1 aliphatic heterocycles. The van der Waals surface area contributed by atoms with Crippen LogP contribution in [-0.2, 0) is 11.3 Å². The van der Waals surface area contributed by atoms with Crippen LogP contribution in [0.5, 0.6) is 0 Å². The average Bonchev–Trinajstić information content (AvgIpc) is 3.36. The highest BCUT2D eigenvalue weighted by atomic mass is 16.4. The molecule has 0 amide bonds. The third kappa shape index (κ3) is 4.18. The molecule has 1 aromatic rings. The molecule has 4 unspecified atom stereocenters. The van der Waals surface area contributed by atoms with Crippen LogP contribution in [-0.4, -0.2) is 38.7 Å². The molecular weight excluding hydrogens is 378 g/mol. The Hall–Kier alpha value is -1.40. The summed E-state index contributed by atoms with van der Waals surface area (Å²) in [6, 6.07) is 0.348. The van der Waals surface area contributed by atoms with Gasteiger partial charge in [0.1, 0.15) is 6.26 Å². The van der Waals surface area contributed by atoms with E-state index in [-0.39, 0.29) is 17.6 Å². The summed E-state index contributed by atoms with van der Waals surface area (Å²) in [4.78, 5) is 19.1. The number of carbonyl (C=O) groups is 1. The lowest BCUT2D eigenvalue weighted by atomic mass is 9.63.